The third kappa shape index (κ3) is 5.39. The van der Waals surface area contributed by atoms with Crippen molar-refractivity contribution < 1.29 is 19.1 Å². The van der Waals surface area contributed by atoms with E-state index in [4.69, 9.17) is 21.1 Å². The predicted molar refractivity (Wildman–Crippen MR) is 101 cm³/mol. The second-order valence-electron chi connectivity index (χ2n) is 5.44. The molecule has 0 saturated heterocycles. The summed E-state index contributed by atoms with van der Waals surface area (Å²) < 4.78 is 10.6. The van der Waals surface area contributed by atoms with Crippen LogP contribution in [0.4, 0.5) is 5.69 Å². The Hall–Kier alpha value is -2.73. The zero-order valence-corrected chi connectivity index (χ0v) is 15.4. The summed E-state index contributed by atoms with van der Waals surface area (Å²) in [4.78, 5) is 24.0. The molecule has 6 nitrogen and oxygen atoms in total. The minimum absolute atomic E-state index is 0.184. The number of amides is 2. The maximum absolute atomic E-state index is 12.1. The topological polar surface area (TPSA) is 76.7 Å². The van der Waals surface area contributed by atoms with Gasteiger partial charge in [-0.15, -0.1) is 0 Å². The lowest BCUT2D eigenvalue weighted by Gasteiger charge is -2.11. The highest BCUT2D eigenvalue weighted by Crippen LogP contribution is 2.26. The quantitative estimate of drug-likeness (QED) is 0.739. The van der Waals surface area contributed by atoms with Crippen molar-refractivity contribution in [3.05, 3.63) is 53.1 Å². The van der Waals surface area contributed by atoms with Gasteiger partial charge in [-0.1, -0.05) is 30.7 Å². The molecule has 2 rings (SSSR count). The van der Waals surface area contributed by atoms with Gasteiger partial charge >= 0.3 is 0 Å². The van der Waals surface area contributed by atoms with Gasteiger partial charge in [0, 0.05) is 12.2 Å². The lowest BCUT2D eigenvalue weighted by Crippen LogP contribution is -2.24. The number of benzene rings is 2. The fourth-order valence-electron chi connectivity index (χ4n) is 2.19. The van der Waals surface area contributed by atoms with E-state index in [1.54, 1.807) is 30.3 Å². The van der Waals surface area contributed by atoms with Crippen LogP contribution in [0.25, 0.3) is 0 Å². The van der Waals surface area contributed by atoms with Crippen molar-refractivity contribution in [1.82, 2.24) is 5.32 Å². The van der Waals surface area contributed by atoms with E-state index in [0.29, 0.717) is 29.3 Å². The van der Waals surface area contributed by atoms with E-state index in [2.05, 4.69) is 10.6 Å². The van der Waals surface area contributed by atoms with Crippen molar-refractivity contribution in [3.63, 3.8) is 0 Å². The van der Waals surface area contributed by atoms with Gasteiger partial charge in [-0.3, -0.25) is 9.59 Å². The number of hydrogen-bond acceptors (Lipinski definition) is 4. The highest BCUT2D eigenvalue weighted by atomic mass is 35.5. The Labute approximate surface area is 157 Å². The summed E-state index contributed by atoms with van der Waals surface area (Å²) >= 11 is 6.14. The molecule has 0 fully saturated rings. The molecule has 2 aromatic rings. The van der Waals surface area contributed by atoms with Crippen molar-refractivity contribution in [2.24, 2.45) is 0 Å². The summed E-state index contributed by atoms with van der Waals surface area (Å²) in [6.07, 6.45) is 0.837. The molecule has 0 atom stereocenters. The smallest absolute Gasteiger partial charge is 0.262 e. The van der Waals surface area contributed by atoms with Gasteiger partial charge in [0.2, 0.25) is 0 Å². The van der Waals surface area contributed by atoms with Gasteiger partial charge in [0.15, 0.2) is 18.1 Å². The fraction of sp³-hybridized carbons (Fsp3) is 0.263. The normalized spacial score (nSPS) is 10.1. The van der Waals surface area contributed by atoms with E-state index in [-0.39, 0.29) is 23.4 Å². The lowest BCUT2D eigenvalue weighted by atomic mass is 10.2. The van der Waals surface area contributed by atoms with Crippen molar-refractivity contribution >= 4 is 29.1 Å². The summed E-state index contributed by atoms with van der Waals surface area (Å²) in [6, 6.07) is 11.8. The van der Waals surface area contributed by atoms with Crippen molar-refractivity contribution in [2.45, 2.75) is 13.3 Å². The summed E-state index contributed by atoms with van der Waals surface area (Å²) in [5.74, 6) is 0.432. The Bertz CT molecular complexity index is 780. The van der Waals surface area contributed by atoms with Gasteiger partial charge in [-0.05, 0) is 36.8 Å². The molecule has 26 heavy (non-hydrogen) atoms. The second kappa shape index (κ2) is 9.68. The molecule has 2 amide bonds. The SMILES string of the molecule is CCCNC(=O)c1ccc(NC(=O)COc2ccccc2OC)cc1Cl. The summed E-state index contributed by atoms with van der Waals surface area (Å²) in [5.41, 5.74) is 0.846. The Balaban J connectivity index is 1.94. The molecule has 0 aliphatic rings. The Kier molecular flexibility index (Phi) is 7.29. The minimum Gasteiger partial charge on any atom is -0.493 e. The molecule has 0 aromatic heterocycles. The molecule has 138 valence electrons. The number of carbonyl (C=O) groups excluding carboxylic acids is 2. The van der Waals surface area contributed by atoms with Gasteiger partial charge in [0.05, 0.1) is 17.7 Å². The standard InChI is InChI=1S/C19H21ClN2O4/c1-3-10-21-19(24)14-9-8-13(11-15(14)20)22-18(23)12-26-17-7-5-4-6-16(17)25-2/h4-9,11H,3,10,12H2,1-2H3,(H,21,24)(H,22,23). The van der Waals surface area contributed by atoms with Crippen molar-refractivity contribution in [3.8, 4) is 11.5 Å². The fourth-order valence-corrected chi connectivity index (χ4v) is 2.46. The summed E-state index contributed by atoms with van der Waals surface area (Å²) in [7, 11) is 1.53. The largest absolute Gasteiger partial charge is 0.493 e. The molecule has 2 aromatic carbocycles. The van der Waals surface area contributed by atoms with E-state index < -0.39 is 0 Å². The van der Waals surface area contributed by atoms with Crippen LogP contribution in [0.3, 0.4) is 0 Å². The van der Waals surface area contributed by atoms with Crippen LogP contribution in [-0.2, 0) is 4.79 Å². The Morgan fingerprint density at radius 2 is 1.85 bits per heavy atom. The number of carbonyl (C=O) groups is 2. The van der Waals surface area contributed by atoms with Crippen LogP contribution in [0.1, 0.15) is 23.7 Å². The molecule has 7 heteroatoms. The van der Waals surface area contributed by atoms with E-state index >= 15 is 0 Å². The molecule has 0 heterocycles. The molecular weight excluding hydrogens is 356 g/mol. The van der Waals surface area contributed by atoms with Gasteiger partial charge in [-0.25, -0.2) is 0 Å². The van der Waals surface area contributed by atoms with Crippen molar-refractivity contribution in [2.75, 3.05) is 25.6 Å². The van der Waals surface area contributed by atoms with Crippen LogP contribution >= 0.6 is 11.6 Å². The third-order valence-electron chi connectivity index (χ3n) is 3.46. The number of rotatable bonds is 8. The van der Waals surface area contributed by atoms with Crippen LogP contribution in [-0.4, -0.2) is 32.1 Å². The zero-order valence-electron chi connectivity index (χ0n) is 14.7. The lowest BCUT2D eigenvalue weighted by molar-refractivity contribution is -0.118. The van der Waals surface area contributed by atoms with E-state index in [1.807, 2.05) is 13.0 Å². The molecule has 0 unspecified atom stereocenters. The van der Waals surface area contributed by atoms with Crippen molar-refractivity contribution in [1.29, 1.82) is 0 Å². The molecule has 0 bridgehead atoms. The molecule has 0 aliphatic heterocycles. The highest BCUT2D eigenvalue weighted by molar-refractivity contribution is 6.34. The van der Waals surface area contributed by atoms with Crippen LogP contribution in [0.15, 0.2) is 42.5 Å². The highest BCUT2D eigenvalue weighted by Gasteiger charge is 2.12. The molecule has 0 aliphatic carbocycles. The van der Waals surface area contributed by atoms with Crippen LogP contribution in [0.2, 0.25) is 5.02 Å². The number of halogens is 1. The maximum Gasteiger partial charge on any atom is 0.262 e. The Morgan fingerprint density at radius 1 is 1.12 bits per heavy atom. The summed E-state index contributed by atoms with van der Waals surface area (Å²) in [6.45, 7) is 2.36. The number of nitrogens with one attached hydrogen (secondary N) is 2. The maximum atomic E-state index is 12.1. The third-order valence-corrected chi connectivity index (χ3v) is 3.77. The van der Waals surface area contributed by atoms with Gasteiger partial charge in [-0.2, -0.15) is 0 Å². The molecular formula is C19H21ClN2O4. The number of methoxy groups -OCH3 is 1. The van der Waals surface area contributed by atoms with Crippen LogP contribution < -0.4 is 20.1 Å². The van der Waals surface area contributed by atoms with E-state index in [9.17, 15) is 9.59 Å². The van der Waals surface area contributed by atoms with Gasteiger partial charge in [0.25, 0.3) is 11.8 Å². The number of para-hydroxylation sites is 2. The number of anilines is 1. The zero-order chi connectivity index (χ0) is 18.9. The van der Waals surface area contributed by atoms with Crippen LogP contribution in [0, 0.1) is 0 Å². The minimum atomic E-state index is -0.352. The number of hydrogen-bond donors (Lipinski definition) is 2. The first-order chi connectivity index (χ1) is 12.5. The molecule has 2 N–H and O–H groups in total. The first kappa shape index (κ1) is 19.6. The van der Waals surface area contributed by atoms with Gasteiger partial charge < -0.3 is 20.1 Å². The average molecular weight is 377 g/mol. The molecule has 0 spiro atoms. The molecule has 0 saturated carbocycles. The Morgan fingerprint density at radius 3 is 2.50 bits per heavy atom. The monoisotopic (exact) mass is 376 g/mol. The van der Waals surface area contributed by atoms with Crippen LogP contribution in [0.5, 0.6) is 11.5 Å². The van der Waals surface area contributed by atoms with E-state index in [1.165, 1.54) is 13.2 Å². The first-order valence-electron chi connectivity index (χ1n) is 8.18. The predicted octanol–water partition coefficient (Wildman–Crippen LogP) is 3.51. The summed E-state index contributed by atoms with van der Waals surface area (Å²) in [5, 5.41) is 5.70. The first-order valence-corrected chi connectivity index (χ1v) is 8.56. The second-order valence-corrected chi connectivity index (χ2v) is 5.85. The number of ether oxygens (including phenoxy) is 2. The average Bonchev–Trinajstić information content (AvgIpc) is 2.64. The molecule has 0 radical (unpaired) electrons. The van der Waals surface area contributed by atoms with Gasteiger partial charge in [0.1, 0.15) is 0 Å². The van der Waals surface area contributed by atoms with E-state index in [0.717, 1.165) is 6.42 Å².